The third kappa shape index (κ3) is 3.98. The Balaban J connectivity index is 1.82. The summed E-state index contributed by atoms with van der Waals surface area (Å²) >= 11 is 3.11. The number of nitrogens with zero attached hydrogens (tertiary/aromatic N) is 1. The lowest BCUT2D eigenvalue weighted by molar-refractivity contribution is -0.123. The summed E-state index contributed by atoms with van der Waals surface area (Å²) in [4.78, 5) is 26.3. The standard InChI is InChI=1S/C18H14INO4S/c1-24-15-8-12(4-7-14(15)21)9-16-17(22)20(18(23)25-16)10-11-2-5-13(19)6-3-11/h2-9,21H,10H2,1H3/b16-9+. The fourth-order valence-corrected chi connectivity index (χ4v) is 3.54. The molecule has 2 aromatic rings. The predicted molar refractivity (Wildman–Crippen MR) is 105 cm³/mol. The molecule has 3 rings (SSSR count). The third-order valence-corrected chi connectivity index (χ3v) is 5.26. The average Bonchev–Trinajstić information content (AvgIpc) is 2.86. The zero-order valence-electron chi connectivity index (χ0n) is 13.2. The molecule has 0 saturated carbocycles. The van der Waals surface area contributed by atoms with Crippen LogP contribution in [0, 0.1) is 3.57 Å². The van der Waals surface area contributed by atoms with E-state index >= 15 is 0 Å². The highest BCUT2D eigenvalue weighted by Crippen LogP contribution is 2.34. The fraction of sp³-hybridized carbons (Fsp3) is 0.111. The second-order valence-electron chi connectivity index (χ2n) is 5.33. The number of methoxy groups -OCH3 is 1. The lowest BCUT2D eigenvalue weighted by Crippen LogP contribution is -2.27. The highest BCUT2D eigenvalue weighted by molar-refractivity contribution is 14.1. The predicted octanol–water partition coefficient (Wildman–Crippen LogP) is 4.24. The van der Waals surface area contributed by atoms with E-state index in [4.69, 9.17) is 4.74 Å². The van der Waals surface area contributed by atoms with Gasteiger partial charge < -0.3 is 9.84 Å². The van der Waals surface area contributed by atoms with E-state index in [1.165, 1.54) is 18.1 Å². The van der Waals surface area contributed by atoms with Gasteiger partial charge in [0.1, 0.15) is 0 Å². The maximum atomic E-state index is 12.5. The number of amides is 2. The normalized spacial score (nSPS) is 15.9. The Morgan fingerprint density at radius 2 is 1.92 bits per heavy atom. The number of imide groups is 1. The Labute approximate surface area is 162 Å². The summed E-state index contributed by atoms with van der Waals surface area (Å²) in [6, 6.07) is 12.4. The minimum Gasteiger partial charge on any atom is -0.504 e. The quantitative estimate of drug-likeness (QED) is 0.539. The molecule has 1 fully saturated rings. The van der Waals surface area contributed by atoms with E-state index in [2.05, 4.69) is 22.6 Å². The topological polar surface area (TPSA) is 66.8 Å². The van der Waals surface area contributed by atoms with Gasteiger partial charge in [0.05, 0.1) is 18.6 Å². The van der Waals surface area contributed by atoms with Crippen molar-refractivity contribution in [3.63, 3.8) is 0 Å². The molecule has 128 valence electrons. The van der Waals surface area contributed by atoms with Crippen LogP contribution >= 0.6 is 34.4 Å². The van der Waals surface area contributed by atoms with Crippen LogP contribution in [0.5, 0.6) is 11.5 Å². The van der Waals surface area contributed by atoms with E-state index in [0.29, 0.717) is 16.2 Å². The number of phenols is 1. The van der Waals surface area contributed by atoms with Crippen molar-refractivity contribution in [2.24, 2.45) is 0 Å². The molecule has 1 saturated heterocycles. The van der Waals surface area contributed by atoms with Gasteiger partial charge in [-0.15, -0.1) is 0 Å². The molecule has 1 N–H and O–H groups in total. The van der Waals surface area contributed by atoms with E-state index in [0.717, 1.165) is 20.9 Å². The molecule has 0 aliphatic carbocycles. The Hall–Kier alpha value is -2.00. The number of benzene rings is 2. The van der Waals surface area contributed by atoms with Crippen LogP contribution in [0.15, 0.2) is 47.4 Å². The molecule has 5 nitrogen and oxygen atoms in total. The first kappa shape index (κ1) is 17.8. The van der Waals surface area contributed by atoms with Crippen LogP contribution in [0.25, 0.3) is 6.08 Å². The van der Waals surface area contributed by atoms with E-state index in [9.17, 15) is 14.7 Å². The van der Waals surface area contributed by atoms with Crippen molar-refractivity contribution in [3.05, 3.63) is 62.1 Å². The Morgan fingerprint density at radius 3 is 2.60 bits per heavy atom. The number of rotatable bonds is 4. The lowest BCUT2D eigenvalue weighted by atomic mass is 10.1. The monoisotopic (exact) mass is 467 g/mol. The van der Waals surface area contributed by atoms with Crippen molar-refractivity contribution in [3.8, 4) is 11.5 Å². The number of phenolic OH excluding ortho intramolecular Hbond substituents is 1. The second-order valence-corrected chi connectivity index (χ2v) is 7.56. The smallest absolute Gasteiger partial charge is 0.293 e. The van der Waals surface area contributed by atoms with Crippen LogP contribution in [-0.2, 0) is 11.3 Å². The van der Waals surface area contributed by atoms with Crippen molar-refractivity contribution >= 4 is 51.6 Å². The maximum Gasteiger partial charge on any atom is 0.293 e. The van der Waals surface area contributed by atoms with Crippen LogP contribution in [0.1, 0.15) is 11.1 Å². The van der Waals surface area contributed by atoms with Crippen LogP contribution in [-0.4, -0.2) is 28.3 Å². The fourth-order valence-electron chi connectivity index (χ4n) is 2.34. The van der Waals surface area contributed by atoms with Gasteiger partial charge in [-0.25, -0.2) is 0 Å². The SMILES string of the molecule is COc1cc(/C=C2/SC(=O)N(Cc3ccc(I)cc3)C2=O)ccc1O. The van der Waals surface area contributed by atoms with Crippen molar-refractivity contribution in [2.75, 3.05) is 7.11 Å². The molecular formula is C18H14INO4S. The van der Waals surface area contributed by atoms with Crippen LogP contribution in [0.4, 0.5) is 4.79 Å². The van der Waals surface area contributed by atoms with E-state index < -0.39 is 0 Å². The van der Waals surface area contributed by atoms with Gasteiger partial charge in [-0.2, -0.15) is 0 Å². The molecule has 7 heteroatoms. The zero-order chi connectivity index (χ0) is 18.0. The summed E-state index contributed by atoms with van der Waals surface area (Å²) in [5.74, 6) is 0.0129. The van der Waals surface area contributed by atoms with E-state index in [1.54, 1.807) is 18.2 Å². The van der Waals surface area contributed by atoms with Crippen molar-refractivity contribution in [1.82, 2.24) is 4.90 Å². The van der Waals surface area contributed by atoms with Crippen molar-refractivity contribution < 1.29 is 19.4 Å². The number of hydrogen-bond acceptors (Lipinski definition) is 5. The highest BCUT2D eigenvalue weighted by Gasteiger charge is 2.34. The molecule has 1 aliphatic rings. The van der Waals surface area contributed by atoms with Gasteiger partial charge in [-0.1, -0.05) is 18.2 Å². The molecule has 1 aliphatic heterocycles. The first-order chi connectivity index (χ1) is 12.0. The number of hydrogen-bond donors (Lipinski definition) is 1. The van der Waals surface area contributed by atoms with E-state index in [1.807, 2.05) is 24.3 Å². The first-order valence-electron chi connectivity index (χ1n) is 7.35. The molecular weight excluding hydrogens is 453 g/mol. The molecule has 2 aromatic carbocycles. The summed E-state index contributed by atoms with van der Waals surface area (Å²) in [6.45, 7) is 0.248. The van der Waals surface area contributed by atoms with Crippen molar-refractivity contribution in [2.45, 2.75) is 6.54 Å². The Bertz CT molecular complexity index is 864. The Morgan fingerprint density at radius 1 is 1.20 bits per heavy atom. The molecule has 0 atom stereocenters. The number of halogens is 1. The van der Waals surface area contributed by atoms with Gasteiger partial charge in [0.25, 0.3) is 11.1 Å². The zero-order valence-corrected chi connectivity index (χ0v) is 16.2. The number of carbonyl (C=O) groups is 2. The summed E-state index contributed by atoms with van der Waals surface area (Å²) in [6.07, 6.45) is 1.63. The Kier molecular flexibility index (Phi) is 5.33. The first-order valence-corrected chi connectivity index (χ1v) is 9.24. The summed E-state index contributed by atoms with van der Waals surface area (Å²) in [5.41, 5.74) is 1.57. The molecule has 0 unspecified atom stereocenters. The van der Waals surface area contributed by atoms with Gasteiger partial charge in [0, 0.05) is 3.57 Å². The third-order valence-electron chi connectivity index (χ3n) is 3.63. The second kappa shape index (κ2) is 7.49. The number of aromatic hydroxyl groups is 1. The molecule has 0 bridgehead atoms. The summed E-state index contributed by atoms with van der Waals surface area (Å²) in [5, 5.41) is 9.34. The highest BCUT2D eigenvalue weighted by atomic mass is 127. The molecule has 2 amide bonds. The van der Waals surface area contributed by atoms with Crippen LogP contribution in [0.2, 0.25) is 0 Å². The van der Waals surface area contributed by atoms with Gasteiger partial charge >= 0.3 is 0 Å². The van der Waals surface area contributed by atoms with Crippen molar-refractivity contribution in [1.29, 1.82) is 0 Å². The minimum atomic E-state index is -0.319. The maximum absolute atomic E-state index is 12.5. The molecule has 0 aromatic heterocycles. The van der Waals surface area contributed by atoms with Gasteiger partial charge in [0.15, 0.2) is 11.5 Å². The number of thioether (sulfide) groups is 1. The van der Waals surface area contributed by atoms with Gasteiger partial charge in [0.2, 0.25) is 0 Å². The summed E-state index contributed by atoms with van der Waals surface area (Å²) < 4.78 is 6.15. The minimum absolute atomic E-state index is 0.0199. The average molecular weight is 467 g/mol. The lowest BCUT2D eigenvalue weighted by Gasteiger charge is -2.12. The molecule has 0 radical (unpaired) electrons. The molecule has 1 heterocycles. The number of ether oxygens (including phenoxy) is 1. The summed E-state index contributed by atoms with van der Waals surface area (Å²) in [7, 11) is 1.45. The number of carbonyl (C=O) groups excluding carboxylic acids is 2. The van der Waals surface area contributed by atoms with E-state index in [-0.39, 0.29) is 23.4 Å². The largest absolute Gasteiger partial charge is 0.504 e. The molecule has 0 spiro atoms. The van der Waals surface area contributed by atoms with Gasteiger partial charge in [-0.3, -0.25) is 14.5 Å². The molecule has 25 heavy (non-hydrogen) atoms. The van der Waals surface area contributed by atoms with Crippen LogP contribution in [0.3, 0.4) is 0 Å². The van der Waals surface area contributed by atoms with Gasteiger partial charge in [-0.05, 0) is 75.8 Å². The van der Waals surface area contributed by atoms with Crippen LogP contribution < -0.4 is 4.74 Å².